The maximum absolute atomic E-state index is 12.2. The zero-order chi connectivity index (χ0) is 22.4. The van der Waals surface area contributed by atoms with Gasteiger partial charge in [-0.1, -0.05) is 38.5 Å². The summed E-state index contributed by atoms with van der Waals surface area (Å²) in [6, 6.07) is 0. The zero-order valence-corrected chi connectivity index (χ0v) is 19.3. The first kappa shape index (κ1) is 26.6. The van der Waals surface area contributed by atoms with Crippen molar-refractivity contribution in [1.29, 1.82) is 0 Å². The van der Waals surface area contributed by atoms with Crippen LogP contribution in [0.5, 0.6) is 5.75 Å². The van der Waals surface area contributed by atoms with Crippen molar-refractivity contribution in [3.8, 4) is 5.75 Å². The number of carbonyl (C=O) groups is 2. The van der Waals surface area contributed by atoms with E-state index in [1.54, 1.807) is 0 Å². The Bertz CT molecular complexity index is 701. The van der Waals surface area contributed by atoms with Gasteiger partial charge in [-0.3, -0.25) is 14.2 Å². The molecule has 0 unspecified atom stereocenters. The highest BCUT2D eigenvalue weighted by molar-refractivity contribution is 7.51. The minimum Gasteiger partial charge on any atom is -0.490 e. The van der Waals surface area contributed by atoms with Crippen LogP contribution in [0.2, 0.25) is 0 Å². The molecule has 30 heavy (non-hydrogen) atoms. The number of carboxylic acid groups (broad SMARTS) is 1. The molecule has 0 fully saturated rings. The number of thiophene rings is 1. The molecular weight excluding hydrogens is 429 g/mol. The predicted molar refractivity (Wildman–Crippen MR) is 119 cm³/mol. The Balaban J connectivity index is 2.13. The van der Waals surface area contributed by atoms with Crippen LogP contribution in [0, 0.1) is 6.92 Å². The summed E-state index contributed by atoms with van der Waals surface area (Å²) >= 11 is 1.40. The number of nitrogens with one attached hydrogen (secondary N) is 1. The lowest BCUT2D eigenvalue weighted by Crippen LogP contribution is -2.11. The van der Waals surface area contributed by atoms with E-state index in [0.717, 1.165) is 50.5 Å². The molecule has 0 radical (unpaired) electrons. The van der Waals surface area contributed by atoms with E-state index in [9.17, 15) is 14.2 Å². The van der Waals surface area contributed by atoms with Crippen molar-refractivity contribution in [2.45, 2.75) is 77.6 Å². The normalized spacial score (nSPS) is 11.4. The van der Waals surface area contributed by atoms with Gasteiger partial charge in [0, 0.05) is 24.6 Å². The first-order valence-corrected chi connectivity index (χ1v) is 13.1. The summed E-state index contributed by atoms with van der Waals surface area (Å²) in [4.78, 5) is 40.3. The molecule has 1 heterocycles. The van der Waals surface area contributed by atoms with Crippen LogP contribution in [-0.4, -0.2) is 39.5 Å². The molecule has 8 nitrogen and oxygen atoms in total. The number of aliphatic carboxylic acids is 1. The number of amides is 1. The van der Waals surface area contributed by atoms with Crippen LogP contribution in [0.3, 0.4) is 0 Å². The fraction of sp³-hybridized carbons (Fsp3) is 0.700. The number of ether oxygens (including phenoxy) is 1. The topological polar surface area (TPSA) is 133 Å². The molecule has 172 valence electrons. The third-order valence-electron chi connectivity index (χ3n) is 4.56. The summed E-state index contributed by atoms with van der Waals surface area (Å²) < 4.78 is 16.4. The first-order chi connectivity index (χ1) is 14.2. The molecule has 0 aliphatic rings. The Labute approximate surface area is 182 Å². The second-order valence-electron chi connectivity index (χ2n) is 7.44. The molecule has 10 heteroatoms. The van der Waals surface area contributed by atoms with Crippen molar-refractivity contribution in [2.75, 3.05) is 18.1 Å². The van der Waals surface area contributed by atoms with E-state index in [2.05, 4.69) is 5.32 Å². The number of carbonyl (C=O) groups excluding carboxylic acids is 1. The van der Waals surface area contributed by atoms with Gasteiger partial charge in [-0.2, -0.15) is 0 Å². The molecular formula is C20H34NO7PS. The van der Waals surface area contributed by atoms with Crippen molar-refractivity contribution in [1.82, 2.24) is 0 Å². The molecule has 1 aromatic rings. The second kappa shape index (κ2) is 14.6. The van der Waals surface area contributed by atoms with Gasteiger partial charge in [0.2, 0.25) is 5.91 Å². The zero-order valence-electron chi connectivity index (χ0n) is 17.6. The maximum atomic E-state index is 12.2. The van der Waals surface area contributed by atoms with Gasteiger partial charge in [-0.05, 0) is 31.6 Å². The number of carboxylic acids is 1. The van der Waals surface area contributed by atoms with Crippen LogP contribution in [0.25, 0.3) is 0 Å². The van der Waals surface area contributed by atoms with Crippen LogP contribution in [-0.2, 0) is 14.2 Å². The Kier molecular flexibility index (Phi) is 12.9. The molecule has 0 bridgehead atoms. The SMILES string of the molecule is Cc1csc(NC(=O)CCCCCCCCCCP(=O)(O)O)c1OCCCC(=O)O. The van der Waals surface area contributed by atoms with Crippen LogP contribution in [0.15, 0.2) is 5.38 Å². The Hall–Kier alpha value is -1.41. The van der Waals surface area contributed by atoms with Gasteiger partial charge >= 0.3 is 13.6 Å². The van der Waals surface area contributed by atoms with Gasteiger partial charge in [0.25, 0.3) is 0 Å². The number of anilines is 1. The van der Waals surface area contributed by atoms with Gasteiger partial charge in [0.15, 0.2) is 5.75 Å². The molecule has 0 aliphatic heterocycles. The van der Waals surface area contributed by atoms with Crippen molar-refractivity contribution < 1.29 is 33.8 Å². The highest BCUT2D eigenvalue weighted by Gasteiger charge is 2.13. The summed E-state index contributed by atoms with van der Waals surface area (Å²) in [6.45, 7) is 2.19. The lowest BCUT2D eigenvalue weighted by Gasteiger charge is -2.09. The minimum absolute atomic E-state index is 0.0268. The minimum atomic E-state index is -3.85. The van der Waals surface area contributed by atoms with Gasteiger partial charge < -0.3 is 24.9 Å². The van der Waals surface area contributed by atoms with Crippen molar-refractivity contribution in [3.05, 3.63) is 10.9 Å². The predicted octanol–water partition coefficient (Wildman–Crippen LogP) is 4.93. The molecule has 1 aromatic heterocycles. The third-order valence-corrected chi connectivity index (χ3v) is 6.45. The highest BCUT2D eigenvalue weighted by atomic mass is 32.1. The molecule has 0 aliphatic carbocycles. The summed E-state index contributed by atoms with van der Waals surface area (Å²) in [5, 5.41) is 14.1. The third kappa shape index (κ3) is 13.0. The summed E-state index contributed by atoms with van der Waals surface area (Å²) in [6.07, 6.45) is 8.21. The smallest absolute Gasteiger partial charge is 0.325 e. The second-order valence-corrected chi connectivity index (χ2v) is 10.1. The summed E-state index contributed by atoms with van der Waals surface area (Å²) in [7, 11) is -3.85. The van der Waals surface area contributed by atoms with Crippen LogP contribution >= 0.6 is 18.9 Å². The van der Waals surface area contributed by atoms with Crippen LogP contribution in [0.4, 0.5) is 5.00 Å². The van der Waals surface area contributed by atoms with E-state index >= 15 is 0 Å². The number of rotatable bonds is 17. The average molecular weight is 464 g/mol. The Morgan fingerprint density at radius 3 is 2.20 bits per heavy atom. The molecule has 0 aromatic carbocycles. The molecule has 4 N–H and O–H groups in total. The van der Waals surface area contributed by atoms with E-state index in [-0.39, 0.29) is 18.5 Å². The largest absolute Gasteiger partial charge is 0.490 e. The first-order valence-electron chi connectivity index (χ1n) is 10.5. The number of hydrogen-bond acceptors (Lipinski definition) is 5. The van der Waals surface area contributed by atoms with Crippen LogP contribution in [0.1, 0.15) is 76.2 Å². The van der Waals surface area contributed by atoms with Crippen molar-refractivity contribution in [3.63, 3.8) is 0 Å². The molecule has 1 amide bonds. The summed E-state index contributed by atoms with van der Waals surface area (Å²) in [5.74, 6) is -0.281. The monoisotopic (exact) mass is 463 g/mol. The van der Waals surface area contributed by atoms with E-state index < -0.39 is 13.6 Å². The van der Waals surface area contributed by atoms with Crippen molar-refractivity contribution in [2.24, 2.45) is 0 Å². The Morgan fingerprint density at radius 1 is 1.00 bits per heavy atom. The molecule has 1 rings (SSSR count). The fourth-order valence-electron chi connectivity index (χ4n) is 2.95. The summed E-state index contributed by atoms with van der Waals surface area (Å²) in [5.41, 5.74) is 0.923. The molecule has 0 saturated heterocycles. The van der Waals surface area contributed by atoms with E-state index in [1.165, 1.54) is 11.3 Å². The van der Waals surface area contributed by atoms with Gasteiger partial charge in [0.05, 0.1) is 6.61 Å². The van der Waals surface area contributed by atoms with Crippen LogP contribution < -0.4 is 10.1 Å². The molecule has 0 spiro atoms. The standard InChI is InChI=1S/C20H34NO7PS/c1-16-15-30-20(19(16)28-13-10-12-18(23)24)21-17(22)11-8-6-4-2-3-5-7-9-14-29(25,26)27/h15H,2-14H2,1H3,(H,21,22)(H,23,24)(H2,25,26,27). The number of aryl methyl sites for hydroxylation is 1. The van der Waals surface area contributed by atoms with Gasteiger partial charge in [-0.15, -0.1) is 11.3 Å². The van der Waals surface area contributed by atoms with Crippen molar-refractivity contribution >= 4 is 35.8 Å². The van der Waals surface area contributed by atoms with E-state index in [1.807, 2.05) is 12.3 Å². The molecule has 0 saturated carbocycles. The maximum Gasteiger partial charge on any atom is 0.325 e. The van der Waals surface area contributed by atoms with Gasteiger partial charge in [-0.25, -0.2) is 0 Å². The number of unbranched alkanes of at least 4 members (excludes halogenated alkanes) is 7. The quantitative estimate of drug-likeness (QED) is 0.190. The average Bonchev–Trinajstić information content (AvgIpc) is 2.98. The highest BCUT2D eigenvalue weighted by Crippen LogP contribution is 2.36. The van der Waals surface area contributed by atoms with E-state index in [4.69, 9.17) is 19.6 Å². The van der Waals surface area contributed by atoms with E-state index in [0.29, 0.717) is 36.6 Å². The molecule has 0 atom stereocenters. The lowest BCUT2D eigenvalue weighted by atomic mass is 10.1. The lowest BCUT2D eigenvalue weighted by molar-refractivity contribution is -0.137. The van der Waals surface area contributed by atoms with Gasteiger partial charge in [0.1, 0.15) is 5.00 Å². The number of hydrogen-bond donors (Lipinski definition) is 4. The Morgan fingerprint density at radius 2 is 1.60 bits per heavy atom. The fourth-order valence-corrected chi connectivity index (χ4v) is 4.49.